The van der Waals surface area contributed by atoms with E-state index in [1.807, 2.05) is 6.92 Å². The number of benzene rings is 1. The van der Waals surface area contributed by atoms with Gasteiger partial charge in [-0.05, 0) is 26.2 Å². The van der Waals surface area contributed by atoms with Crippen LogP contribution in [0.4, 0.5) is 5.69 Å². The van der Waals surface area contributed by atoms with E-state index in [4.69, 9.17) is 23.2 Å². The van der Waals surface area contributed by atoms with E-state index >= 15 is 0 Å². The van der Waals surface area contributed by atoms with Gasteiger partial charge in [0.1, 0.15) is 0 Å². The van der Waals surface area contributed by atoms with Gasteiger partial charge in [-0.2, -0.15) is 0 Å². The summed E-state index contributed by atoms with van der Waals surface area (Å²) in [5.41, 5.74) is -0.468. The Morgan fingerprint density at radius 1 is 1.42 bits per heavy atom. The first-order valence-electron chi connectivity index (χ1n) is 5.78. The average molecular weight is 303 g/mol. The number of nitro benzene ring substituents is 1. The fourth-order valence-corrected chi connectivity index (χ4v) is 2.43. The van der Waals surface area contributed by atoms with Gasteiger partial charge in [0.25, 0.3) is 11.6 Å². The van der Waals surface area contributed by atoms with Crippen LogP contribution >= 0.6 is 23.2 Å². The molecule has 1 aromatic rings. The van der Waals surface area contributed by atoms with E-state index in [2.05, 4.69) is 5.32 Å². The zero-order valence-corrected chi connectivity index (χ0v) is 11.7. The quantitative estimate of drug-likeness (QED) is 0.685. The fraction of sp³-hybridized carbons (Fsp3) is 0.417. The van der Waals surface area contributed by atoms with Crippen molar-refractivity contribution < 1.29 is 9.72 Å². The van der Waals surface area contributed by atoms with Crippen molar-refractivity contribution in [1.29, 1.82) is 0 Å². The number of hydrogen-bond acceptors (Lipinski definition) is 3. The summed E-state index contributed by atoms with van der Waals surface area (Å²) in [5, 5.41) is 13.6. The van der Waals surface area contributed by atoms with Crippen LogP contribution in [-0.4, -0.2) is 16.4 Å². The number of carbonyl (C=O) groups is 1. The highest BCUT2D eigenvalue weighted by Crippen LogP contribution is 2.34. The molecule has 1 saturated carbocycles. The smallest absolute Gasteiger partial charge is 0.271 e. The first-order chi connectivity index (χ1) is 8.82. The Labute approximate surface area is 120 Å². The Bertz CT molecular complexity index is 556. The molecule has 0 saturated heterocycles. The molecular weight excluding hydrogens is 291 g/mol. The Kier molecular flexibility index (Phi) is 3.69. The van der Waals surface area contributed by atoms with Crippen LogP contribution in [0.2, 0.25) is 10.0 Å². The lowest BCUT2D eigenvalue weighted by atomic mass is 9.78. The third kappa shape index (κ3) is 2.82. The third-order valence-corrected chi connectivity index (χ3v) is 4.14. The molecule has 0 unspecified atom stereocenters. The summed E-state index contributed by atoms with van der Waals surface area (Å²) in [6, 6.07) is 2.28. The summed E-state index contributed by atoms with van der Waals surface area (Å²) >= 11 is 11.7. The standard InChI is InChI=1S/C12H12Cl2N2O3/c1-12(3-2-4-12)15-11(17)8-5-7(16(18)19)6-9(13)10(8)14/h5-6H,2-4H2,1H3,(H,15,17). The van der Waals surface area contributed by atoms with E-state index in [0.29, 0.717) is 0 Å². The number of amides is 1. The number of non-ortho nitro benzene ring substituents is 1. The minimum atomic E-state index is -0.607. The molecule has 1 amide bonds. The molecule has 0 bridgehead atoms. The van der Waals surface area contributed by atoms with Gasteiger partial charge in [0.05, 0.1) is 20.5 Å². The summed E-state index contributed by atoms with van der Waals surface area (Å²) in [6.45, 7) is 1.93. The van der Waals surface area contributed by atoms with E-state index in [9.17, 15) is 14.9 Å². The van der Waals surface area contributed by atoms with E-state index in [1.54, 1.807) is 0 Å². The third-order valence-electron chi connectivity index (χ3n) is 3.34. The van der Waals surface area contributed by atoms with Crippen LogP contribution in [0.25, 0.3) is 0 Å². The molecule has 1 aliphatic carbocycles. The van der Waals surface area contributed by atoms with Crippen molar-refractivity contribution in [2.45, 2.75) is 31.7 Å². The molecular formula is C12H12Cl2N2O3. The van der Waals surface area contributed by atoms with Crippen LogP contribution in [0, 0.1) is 10.1 Å². The van der Waals surface area contributed by atoms with Crippen LogP contribution in [0.5, 0.6) is 0 Å². The van der Waals surface area contributed by atoms with E-state index in [-0.39, 0.29) is 26.8 Å². The van der Waals surface area contributed by atoms with Crippen molar-refractivity contribution in [3.8, 4) is 0 Å². The second-order valence-corrected chi connectivity index (χ2v) is 5.70. The van der Waals surface area contributed by atoms with Gasteiger partial charge in [0, 0.05) is 17.7 Å². The van der Waals surface area contributed by atoms with E-state index < -0.39 is 10.8 Å². The first kappa shape index (κ1) is 14.1. The zero-order chi connectivity index (χ0) is 14.2. The van der Waals surface area contributed by atoms with Gasteiger partial charge in [-0.3, -0.25) is 14.9 Å². The van der Waals surface area contributed by atoms with Gasteiger partial charge in [0.2, 0.25) is 0 Å². The fourth-order valence-electron chi connectivity index (χ4n) is 2.02. The van der Waals surface area contributed by atoms with Crippen LogP contribution in [0.1, 0.15) is 36.5 Å². The highest BCUT2D eigenvalue weighted by molar-refractivity contribution is 6.44. The molecule has 19 heavy (non-hydrogen) atoms. The second-order valence-electron chi connectivity index (χ2n) is 4.91. The van der Waals surface area contributed by atoms with Crippen molar-refractivity contribution in [1.82, 2.24) is 5.32 Å². The van der Waals surface area contributed by atoms with Crippen molar-refractivity contribution in [3.05, 3.63) is 37.9 Å². The zero-order valence-electron chi connectivity index (χ0n) is 10.2. The Balaban J connectivity index is 2.32. The number of hydrogen-bond donors (Lipinski definition) is 1. The van der Waals surface area contributed by atoms with Crippen LogP contribution < -0.4 is 5.32 Å². The molecule has 102 valence electrons. The van der Waals surface area contributed by atoms with Crippen molar-refractivity contribution in [2.75, 3.05) is 0 Å². The van der Waals surface area contributed by atoms with Gasteiger partial charge < -0.3 is 5.32 Å². The molecule has 7 heteroatoms. The lowest BCUT2D eigenvalue weighted by Crippen LogP contribution is -2.51. The topological polar surface area (TPSA) is 72.2 Å². The molecule has 0 atom stereocenters. The summed E-state index contributed by atoms with van der Waals surface area (Å²) in [4.78, 5) is 22.3. The molecule has 0 radical (unpaired) electrons. The molecule has 2 rings (SSSR count). The number of nitrogens with zero attached hydrogens (tertiary/aromatic N) is 1. The maximum absolute atomic E-state index is 12.1. The minimum absolute atomic E-state index is 0.000204. The van der Waals surface area contributed by atoms with Gasteiger partial charge in [-0.15, -0.1) is 0 Å². The van der Waals surface area contributed by atoms with Gasteiger partial charge in [-0.25, -0.2) is 0 Å². The molecule has 1 N–H and O–H groups in total. The summed E-state index contributed by atoms with van der Waals surface area (Å²) in [7, 11) is 0. The minimum Gasteiger partial charge on any atom is -0.347 e. The molecule has 0 aromatic heterocycles. The molecule has 0 heterocycles. The number of nitro groups is 1. The lowest BCUT2D eigenvalue weighted by Gasteiger charge is -2.39. The van der Waals surface area contributed by atoms with E-state index in [0.717, 1.165) is 31.4 Å². The van der Waals surface area contributed by atoms with Crippen LogP contribution in [0.3, 0.4) is 0 Å². The number of carbonyl (C=O) groups excluding carboxylic acids is 1. The lowest BCUT2D eigenvalue weighted by molar-refractivity contribution is -0.384. The predicted octanol–water partition coefficient (Wildman–Crippen LogP) is 3.57. The summed E-state index contributed by atoms with van der Waals surface area (Å²) in [6.07, 6.45) is 2.83. The molecule has 1 aliphatic rings. The Morgan fingerprint density at radius 3 is 2.53 bits per heavy atom. The normalized spacial score (nSPS) is 16.6. The van der Waals surface area contributed by atoms with Gasteiger partial charge in [-0.1, -0.05) is 23.2 Å². The molecule has 1 fully saturated rings. The van der Waals surface area contributed by atoms with Gasteiger partial charge in [0.15, 0.2) is 0 Å². The second kappa shape index (κ2) is 4.98. The predicted molar refractivity (Wildman–Crippen MR) is 72.8 cm³/mol. The number of halogens is 2. The SMILES string of the molecule is CC1(NC(=O)c2cc([N+](=O)[O-])cc(Cl)c2Cl)CCC1. The van der Waals surface area contributed by atoms with Crippen LogP contribution in [0.15, 0.2) is 12.1 Å². The molecule has 0 aliphatic heterocycles. The van der Waals surface area contributed by atoms with Crippen molar-refractivity contribution >= 4 is 34.8 Å². The summed E-state index contributed by atoms with van der Waals surface area (Å²) < 4.78 is 0. The molecule has 1 aromatic carbocycles. The van der Waals surface area contributed by atoms with E-state index in [1.165, 1.54) is 0 Å². The number of rotatable bonds is 3. The highest BCUT2D eigenvalue weighted by Gasteiger charge is 2.34. The van der Waals surface area contributed by atoms with Gasteiger partial charge >= 0.3 is 0 Å². The highest BCUT2D eigenvalue weighted by atomic mass is 35.5. The maximum Gasteiger partial charge on any atom is 0.271 e. The maximum atomic E-state index is 12.1. The van der Waals surface area contributed by atoms with Crippen molar-refractivity contribution in [2.24, 2.45) is 0 Å². The van der Waals surface area contributed by atoms with Crippen LogP contribution in [-0.2, 0) is 0 Å². The average Bonchev–Trinajstić information content (AvgIpc) is 2.29. The molecule has 5 nitrogen and oxygen atoms in total. The van der Waals surface area contributed by atoms with Crippen molar-refractivity contribution in [3.63, 3.8) is 0 Å². The monoisotopic (exact) mass is 302 g/mol. The number of nitrogens with one attached hydrogen (secondary N) is 1. The molecule has 0 spiro atoms. The summed E-state index contributed by atoms with van der Waals surface area (Å²) in [5.74, 6) is -0.433. The largest absolute Gasteiger partial charge is 0.347 e. The Hall–Kier alpha value is -1.33. The Morgan fingerprint density at radius 2 is 2.05 bits per heavy atom. The first-order valence-corrected chi connectivity index (χ1v) is 6.54.